The van der Waals surface area contributed by atoms with Crippen molar-refractivity contribution >= 4 is 28.5 Å². The van der Waals surface area contributed by atoms with E-state index in [2.05, 4.69) is 15.3 Å². The second kappa shape index (κ2) is 7.81. The third kappa shape index (κ3) is 3.70. The van der Waals surface area contributed by atoms with Crippen LogP contribution in [-0.2, 0) is 0 Å². The van der Waals surface area contributed by atoms with Gasteiger partial charge in [0.2, 0.25) is 0 Å². The van der Waals surface area contributed by atoms with Gasteiger partial charge in [0.05, 0.1) is 34.0 Å². The van der Waals surface area contributed by atoms with E-state index in [9.17, 15) is 14.7 Å². The maximum absolute atomic E-state index is 12.7. The Labute approximate surface area is 171 Å². The molecule has 0 saturated carbocycles. The van der Waals surface area contributed by atoms with Crippen LogP contribution in [0, 0.1) is 11.3 Å². The van der Waals surface area contributed by atoms with Crippen LogP contribution < -0.4 is 5.32 Å². The lowest BCUT2D eigenvalue weighted by molar-refractivity contribution is 0.0698. The molecule has 30 heavy (non-hydrogen) atoms. The average molecular weight is 394 g/mol. The molecule has 7 heteroatoms. The summed E-state index contributed by atoms with van der Waals surface area (Å²) < 4.78 is 0. The molecule has 0 radical (unpaired) electrons. The van der Waals surface area contributed by atoms with E-state index in [-0.39, 0.29) is 22.4 Å². The van der Waals surface area contributed by atoms with Crippen LogP contribution in [0.4, 0.5) is 5.69 Å². The maximum Gasteiger partial charge on any atom is 0.337 e. The lowest BCUT2D eigenvalue weighted by Gasteiger charge is -2.10. The Morgan fingerprint density at radius 3 is 2.57 bits per heavy atom. The predicted molar refractivity (Wildman–Crippen MR) is 111 cm³/mol. The minimum atomic E-state index is -1.24. The number of aromatic nitrogens is 2. The molecular formula is C23H14N4O3. The molecule has 0 saturated heterocycles. The topological polar surface area (TPSA) is 116 Å². The quantitative estimate of drug-likeness (QED) is 0.538. The molecule has 0 aliphatic rings. The molecule has 0 atom stereocenters. The standard InChI is InChI=1S/C23H14N4O3/c24-10-14-5-6-21(19(7-14)23(29)30)27-22(28)18-9-16(11-25-12-18)17-8-15-3-1-2-4-20(15)26-13-17/h1-9,11-13H,(H,27,28)(H,29,30). The molecule has 4 rings (SSSR count). The lowest BCUT2D eigenvalue weighted by Crippen LogP contribution is -2.15. The van der Waals surface area contributed by atoms with E-state index in [1.54, 1.807) is 18.5 Å². The van der Waals surface area contributed by atoms with Crippen LogP contribution in [0.1, 0.15) is 26.3 Å². The fourth-order valence-corrected chi connectivity index (χ4v) is 3.05. The number of benzene rings is 2. The second-order valence-corrected chi connectivity index (χ2v) is 6.51. The van der Waals surface area contributed by atoms with Crippen LogP contribution in [0.2, 0.25) is 0 Å². The normalized spacial score (nSPS) is 10.4. The summed E-state index contributed by atoms with van der Waals surface area (Å²) in [5.41, 5.74) is 2.78. The van der Waals surface area contributed by atoms with E-state index in [1.165, 1.54) is 24.4 Å². The highest BCUT2D eigenvalue weighted by molar-refractivity contribution is 6.08. The molecule has 0 fully saturated rings. The number of carboxylic acids is 1. The molecule has 0 bridgehead atoms. The number of carbonyl (C=O) groups excluding carboxylic acids is 1. The molecule has 1 amide bonds. The fourth-order valence-electron chi connectivity index (χ4n) is 3.05. The maximum atomic E-state index is 12.7. The Kier molecular flexibility index (Phi) is 4.89. The first-order valence-electron chi connectivity index (χ1n) is 8.94. The second-order valence-electron chi connectivity index (χ2n) is 6.51. The van der Waals surface area contributed by atoms with E-state index in [0.717, 1.165) is 16.5 Å². The van der Waals surface area contributed by atoms with Crippen molar-refractivity contribution in [2.45, 2.75) is 0 Å². The van der Waals surface area contributed by atoms with Crippen LogP contribution in [0.15, 0.2) is 73.2 Å². The van der Waals surface area contributed by atoms with E-state index in [0.29, 0.717) is 5.56 Å². The van der Waals surface area contributed by atoms with Crippen LogP contribution in [0.25, 0.3) is 22.0 Å². The lowest BCUT2D eigenvalue weighted by atomic mass is 10.0. The van der Waals surface area contributed by atoms with Gasteiger partial charge >= 0.3 is 5.97 Å². The summed E-state index contributed by atoms with van der Waals surface area (Å²) in [5.74, 6) is -1.75. The number of para-hydroxylation sites is 1. The molecule has 7 nitrogen and oxygen atoms in total. The SMILES string of the molecule is N#Cc1ccc(NC(=O)c2cncc(-c3cnc4ccccc4c3)c2)c(C(=O)O)c1. The third-order valence-corrected chi connectivity index (χ3v) is 4.55. The smallest absolute Gasteiger partial charge is 0.337 e. The van der Waals surface area contributed by atoms with E-state index in [4.69, 9.17) is 5.26 Å². The number of nitriles is 1. The van der Waals surface area contributed by atoms with Crippen molar-refractivity contribution in [2.24, 2.45) is 0 Å². The monoisotopic (exact) mass is 394 g/mol. The van der Waals surface area contributed by atoms with Crippen molar-refractivity contribution in [2.75, 3.05) is 5.32 Å². The number of nitrogens with zero attached hydrogens (tertiary/aromatic N) is 3. The number of nitrogens with one attached hydrogen (secondary N) is 1. The third-order valence-electron chi connectivity index (χ3n) is 4.55. The fraction of sp³-hybridized carbons (Fsp3) is 0. The van der Waals surface area contributed by atoms with E-state index >= 15 is 0 Å². The molecule has 2 aromatic heterocycles. The van der Waals surface area contributed by atoms with E-state index < -0.39 is 11.9 Å². The van der Waals surface area contributed by atoms with Gasteiger partial charge in [-0.2, -0.15) is 5.26 Å². The number of aromatic carboxylic acids is 1. The molecule has 0 aliphatic heterocycles. The van der Waals surface area contributed by atoms with Gasteiger partial charge in [-0.05, 0) is 36.4 Å². The van der Waals surface area contributed by atoms with Gasteiger partial charge in [0.1, 0.15) is 0 Å². The highest BCUT2D eigenvalue weighted by Gasteiger charge is 2.15. The Bertz CT molecular complexity index is 1340. The molecule has 4 aromatic rings. The largest absolute Gasteiger partial charge is 0.478 e. The zero-order valence-corrected chi connectivity index (χ0v) is 15.5. The van der Waals surface area contributed by atoms with Crippen LogP contribution in [-0.4, -0.2) is 27.0 Å². The highest BCUT2D eigenvalue weighted by atomic mass is 16.4. The van der Waals surface area contributed by atoms with Gasteiger partial charge in [-0.1, -0.05) is 18.2 Å². The molecule has 2 aromatic carbocycles. The number of rotatable bonds is 4. The minimum absolute atomic E-state index is 0.101. The zero-order chi connectivity index (χ0) is 21.1. The van der Waals surface area contributed by atoms with Crippen molar-refractivity contribution in [1.29, 1.82) is 5.26 Å². The van der Waals surface area contributed by atoms with Crippen LogP contribution in [0.5, 0.6) is 0 Å². The summed E-state index contributed by atoms with van der Waals surface area (Å²) in [5, 5.41) is 21.9. The Balaban J connectivity index is 1.65. The summed E-state index contributed by atoms with van der Waals surface area (Å²) in [7, 11) is 0. The molecule has 0 aliphatic carbocycles. The Morgan fingerprint density at radius 1 is 0.967 bits per heavy atom. The first-order chi connectivity index (χ1) is 14.5. The molecule has 0 unspecified atom stereocenters. The van der Waals surface area contributed by atoms with Crippen molar-refractivity contribution in [1.82, 2.24) is 9.97 Å². The summed E-state index contributed by atoms with van der Waals surface area (Å²) in [6.07, 6.45) is 4.74. The summed E-state index contributed by atoms with van der Waals surface area (Å²) in [6.45, 7) is 0. The summed E-state index contributed by atoms with van der Waals surface area (Å²) in [4.78, 5) is 32.8. The Hall–Kier alpha value is -4.57. The molecule has 0 spiro atoms. The number of anilines is 1. The number of pyridine rings is 2. The number of fused-ring (bicyclic) bond motifs is 1. The van der Waals surface area contributed by atoms with Crippen molar-refractivity contribution in [3.05, 3.63) is 89.9 Å². The van der Waals surface area contributed by atoms with Gasteiger partial charge in [0.25, 0.3) is 5.91 Å². The van der Waals surface area contributed by atoms with Gasteiger partial charge < -0.3 is 10.4 Å². The van der Waals surface area contributed by atoms with Crippen molar-refractivity contribution in [3.8, 4) is 17.2 Å². The number of hydrogen-bond acceptors (Lipinski definition) is 5. The van der Waals surface area contributed by atoms with Gasteiger partial charge in [-0.3, -0.25) is 14.8 Å². The van der Waals surface area contributed by atoms with Gasteiger partial charge in [0, 0.05) is 35.1 Å². The minimum Gasteiger partial charge on any atom is -0.478 e. The Morgan fingerprint density at radius 2 is 1.77 bits per heavy atom. The number of amides is 1. The number of carboxylic acid groups (broad SMARTS) is 1. The van der Waals surface area contributed by atoms with Crippen LogP contribution in [0.3, 0.4) is 0 Å². The molecular weight excluding hydrogens is 380 g/mol. The highest BCUT2D eigenvalue weighted by Crippen LogP contribution is 2.24. The number of hydrogen-bond donors (Lipinski definition) is 2. The number of carbonyl (C=O) groups is 2. The van der Waals surface area contributed by atoms with Crippen molar-refractivity contribution < 1.29 is 14.7 Å². The van der Waals surface area contributed by atoms with Gasteiger partial charge in [0.15, 0.2) is 0 Å². The first-order valence-corrected chi connectivity index (χ1v) is 8.94. The van der Waals surface area contributed by atoms with Crippen molar-refractivity contribution in [3.63, 3.8) is 0 Å². The zero-order valence-electron chi connectivity index (χ0n) is 15.5. The average Bonchev–Trinajstić information content (AvgIpc) is 2.79. The predicted octanol–water partition coefficient (Wildman–Crippen LogP) is 4.12. The van der Waals surface area contributed by atoms with Crippen LogP contribution >= 0.6 is 0 Å². The van der Waals surface area contributed by atoms with Gasteiger partial charge in [-0.25, -0.2) is 4.79 Å². The molecule has 144 valence electrons. The van der Waals surface area contributed by atoms with Gasteiger partial charge in [-0.15, -0.1) is 0 Å². The molecule has 2 N–H and O–H groups in total. The van der Waals surface area contributed by atoms with E-state index in [1.807, 2.05) is 36.4 Å². The summed E-state index contributed by atoms with van der Waals surface area (Å²) in [6, 6.07) is 17.3. The first kappa shape index (κ1) is 18.8. The summed E-state index contributed by atoms with van der Waals surface area (Å²) >= 11 is 0. The molecule has 2 heterocycles.